The van der Waals surface area contributed by atoms with E-state index in [1.807, 2.05) is 18.2 Å². The van der Waals surface area contributed by atoms with Gasteiger partial charge < -0.3 is 24.9 Å². The molecule has 7 heteroatoms. The molecule has 3 rings (SSSR count). The minimum atomic E-state index is 0. The Morgan fingerprint density at radius 2 is 1.77 bits per heavy atom. The molecule has 0 spiro atoms. The maximum atomic E-state index is 5.98. The third-order valence-corrected chi connectivity index (χ3v) is 5.77. The number of nitrogens with one attached hydrogen (secondary N) is 2. The molecule has 2 N–H and O–H groups in total. The van der Waals surface area contributed by atoms with Crippen LogP contribution >= 0.6 is 24.0 Å². The molecule has 6 nitrogen and oxygen atoms in total. The Hall–Kier alpha value is -1.32. The number of hydrogen-bond donors (Lipinski definition) is 2. The minimum Gasteiger partial charge on any atom is -0.459 e. The van der Waals surface area contributed by atoms with Gasteiger partial charge in [0.25, 0.3) is 0 Å². The topological polar surface area (TPSA) is 56.0 Å². The van der Waals surface area contributed by atoms with Gasteiger partial charge in [0.2, 0.25) is 0 Å². The highest BCUT2D eigenvalue weighted by Gasteiger charge is 2.14. The number of rotatable bonds is 9. The lowest BCUT2D eigenvalue weighted by Crippen LogP contribution is -2.46. The van der Waals surface area contributed by atoms with E-state index in [2.05, 4.69) is 47.3 Å². The van der Waals surface area contributed by atoms with E-state index in [-0.39, 0.29) is 24.0 Å². The predicted octanol–water partition coefficient (Wildman–Crippen LogP) is 3.83. The molecular formula is C23H38IN5O. The standard InChI is InChI=1S/C23H37N5O.HI/c1-4-24-23(25-12-8-9-13-28-16-14-27(5-2)15-17-28)26-18-22-19(3)20-10-6-7-11-21(20)29-22;/h6-7,10-11H,4-5,8-9,12-18H2,1-3H3,(H2,24,25,26);1H. The minimum absolute atomic E-state index is 0. The Morgan fingerprint density at radius 3 is 2.47 bits per heavy atom. The molecule has 1 aliphatic rings. The van der Waals surface area contributed by atoms with Gasteiger partial charge in [0.1, 0.15) is 17.9 Å². The molecule has 30 heavy (non-hydrogen) atoms. The molecule has 0 radical (unpaired) electrons. The number of nitrogens with zero attached hydrogens (tertiary/aromatic N) is 3. The zero-order chi connectivity index (χ0) is 20.5. The Balaban J connectivity index is 0.00000320. The van der Waals surface area contributed by atoms with Gasteiger partial charge in [-0.25, -0.2) is 4.99 Å². The van der Waals surface area contributed by atoms with Gasteiger partial charge in [0.05, 0.1) is 0 Å². The van der Waals surface area contributed by atoms with E-state index in [0.29, 0.717) is 6.54 Å². The van der Waals surface area contributed by atoms with E-state index in [4.69, 9.17) is 9.41 Å². The molecule has 0 bridgehead atoms. The van der Waals surface area contributed by atoms with Crippen LogP contribution < -0.4 is 10.6 Å². The molecule has 0 unspecified atom stereocenters. The summed E-state index contributed by atoms with van der Waals surface area (Å²) < 4.78 is 5.98. The summed E-state index contributed by atoms with van der Waals surface area (Å²) in [6.07, 6.45) is 2.38. The molecule has 1 saturated heterocycles. The first-order valence-electron chi connectivity index (χ1n) is 11.1. The van der Waals surface area contributed by atoms with E-state index in [1.54, 1.807) is 0 Å². The molecule has 1 fully saturated rings. The molecule has 1 aromatic carbocycles. The average Bonchev–Trinajstić information content (AvgIpc) is 3.08. The molecular weight excluding hydrogens is 489 g/mol. The molecule has 1 aliphatic heterocycles. The molecule has 0 saturated carbocycles. The van der Waals surface area contributed by atoms with E-state index in [1.165, 1.54) is 56.6 Å². The van der Waals surface area contributed by atoms with Crippen molar-refractivity contribution in [1.29, 1.82) is 0 Å². The van der Waals surface area contributed by atoms with Gasteiger partial charge in [-0.15, -0.1) is 24.0 Å². The number of para-hydroxylation sites is 1. The maximum Gasteiger partial charge on any atom is 0.191 e. The molecule has 0 aliphatic carbocycles. The highest BCUT2D eigenvalue weighted by molar-refractivity contribution is 14.0. The van der Waals surface area contributed by atoms with Crippen LogP contribution in [0.5, 0.6) is 0 Å². The van der Waals surface area contributed by atoms with E-state index in [0.717, 1.165) is 36.8 Å². The molecule has 0 amide bonds. The summed E-state index contributed by atoms with van der Waals surface area (Å²) in [5.41, 5.74) is 2.12. The fraction of sp³-hybridized carbons (Fsp3) is 0.609. The lowest BCUT2D eigenvalue weighted by atomic mass is 10.1. The summed E-state index contributed by atoms with van der Waals surface area (Å²) in [5, 5.41) is 7.98. The Kier molecular flexibility index (Phi) is 11.0. The zero-order valence-electron chi connectivity index (χ0n) is 18.7. The number of piperazine rings is 1. The summed E-state index contributed by atoms with van der Waals surface area (Å²) >= 11 is 0. The van der Waals surface area contributed by atoms with Crippen molar-refractivity contribution in [3.05, 3.63) is 35.6 Å². The fourth-order valence-electron chi connectivity index (χ4n) is 3.86. The largest absolute Gasteiger partial charge is 0.459 e. The van der Waals surface area contributed by atoms with Gasteiger partial charge in [0.15, 0.2) is 5.96 Å². The van der Waals surface area contributed by atoms with Crippen LogP contribution in [0.3, 0.4) is 0 Å². The number of benzene rings is 1. The Morgan fingerprint density at radius 1 is 1.03 bits per heavy atom. The summed E-state index contributed by atoms with van der Waals surface area (Å²) in [7, 11) is 0. The van der Waals surface area contributed by atoms with E-state index in [9.17, 15) is 0 Å². The molecule has 2 heterocycles. The van der Waals surface area contributed by atoms with E-state index < -0.39 is 0 Å². The van der Waals surface area contributed by atoms with Crippen LogP contribution in [0.4, 0.5) is 0 Å². The van der Waals surface area contributed by atoms with Gasteiger partial charge in [-0.2, -0.15) is 0 Å². The summed E-state index contributed by atoms with van der Waals surface area (Å²) in [4.78, 5) is 9.85. The number of furan rings is 1. The van der Waals surface area contributed by atoms with Crippen molar-refractivity contribution in [1.82, 2.24) is 20.4 Å². The van der Waals surface area contributed by atoms with Crippen LogP contribution in [0, 0.1) is 6.92 Å². The quantitative estimate of drug-likeness (QED) is 0.225. The molecule has 168 valence electrons. The molecule has 2 aromatic rings. The van der Waals surface area contributed by atoms with Crippen LogP contribution in [0.25, 0.3) is 11.0 Å². The number of guanidine groups is 1. The number of likely N-dealkylation sites (N-methyl/N-ethyl adjacent to an activating group) is 1. The van der Waals surface area contributed by atoms with Crippen molar-refractivity contribution in [2.45, 2.75) is 40.2 Å². The van der Waals surface area contributed by atoms with E-state index >= 15 is 0 Å². The average molecular weight is 527 g/mol. The van der Waals surface area contributed by atoms with Gasteiger partial charge in [-0.05, 0) is 45.8 Å². The highest BCUT2D eigenvalue weighted by atomic mass is 127. The van der Waals surface area contributed by atoms with Gasteiger partial charge in [0, 0.05) is 50.2 Å². The normalized spacial score (nSPS) is 15.9. The van der Waals surface area contributed by atoms with Crippen LogP contribution in [0.15, 0.2) is 33.7 Å². The summed E-state index contributed by atoms with van der Waals surface area (Å²) in [6.45, 7) is 16.0. The van der Waals surface area contributed by atoms with Crippen molar-refractivity contribution in [2.24, 2.45) is 4.99 Å². The van der Waals surface area contributed by atoms with Crippen molar-refractivity contribution < 1.29 is 4.42 Å². The maximum absolute atomic E-state index is 5.98. The van der Waals surface area contributed by atoms with Crippen LogP contribution in [-0.2, 0) is 6.54 Å². The van der Waals surface area contributed by atoms with Crippen molar-refractivity contribution >= 4 is 40.9 Å². The number of aliphatic imine (C=N–C) groups is 1. The van der Waals surface area contributed by atoms with Crippen molar-refractivity contribution in [3.8, 4) is 0 Å². The third kappa shape index (κ3) is 7.13. The lowest BCUT2D eigenvalue weighted by molar-refractivity contribution is 0.136. The summed E-state index contributed by atoms with van der Waals surface area (Å²) in [6, 6.07) is 8.18. The molecule has 0 atom stereocenters. The summed E-state index contributed by atoms with van der Waals surface area (Å²) in [5.74, 6) is 1.80. The molecule has 1 aromatic heterocycles. The second-order valence-electron chi connectivity index (χ2n) is 7.75. The van der Waals surface area contributed by atoms with Gasteiger partial charge >= 0.3 is 0 Å². The second-order valence-corrected chi connectivity index (χ2v) is 7.75. The first kappa shape index (κ1) is 24.9. The second kappa shape index (κ2) is 13.2. The van der Waals surface area contributed by atoms with Crippen LogP contribution in [0.2, 0.25) is 0 Å². The first-order chi connectivity index (χ1) is 14.2. The predicted molar refractivity (Wildman–Crippen MR) is 137 cm³/mol. The Bertz CT molecular complexity index is 783. The number of fused-ring (bicyclic) bond motifs is 1. The van der Waals surface area contributed by atoms with Crippen LogP contribution in [0.1, 0.15) is 38.0 Å². The third-order valence-electron chi connectivity index (χ3n) is 5.77. The van der Waals surface area contributed by atoms with Crippen LogP contribution in [-0.4, -0.2) is 68.1 Å². The smallest absolute Gasteiger partial charge is 0.191 e. The SMILES string of the molecule is CCNC(=NCc1oc2ccccc2c1C)NCCCCN1CCN(CC)CC1.I. The number of unbranched alkanes of at least 4 members (excludes halogenated alkanes) is 1. The van der Waals surface area contributed by atoms with Gasteiger partial charge in [-0.1, -0.05) is 25.1 Å². The van der Waals surface area contributed by atoms with Crippen molar-refractivity contribution in [2.75, 3.05) is 52.4 Å². The monoisotopic (exact) mass is 527 g/mol. The number of halogens is 1. The van der Waals surface area contributed by atoms with Gasteiger partial charge in [-0.3, -0.25) is 0 Å². The highest BCUT2D eigenvalue weighted by Crippen LogP contribution is 2.25. The Labute approximate surface area is 198 Å². The number of aryl methyl sites for hydroxylation is 1. The first-order valence-corrected chi connectivity index (χ1v) is 11.1. The number of hydrogen-bond acceptors (Lipinski definition) is 4. The lowest BCUT2D eigenvalue weighted by Gasteiger charge is -2.34. The fourth-order valence-corrected chi connectivity index (χ4v) is 3.86. The zero-order valence-corrected chi connectivity index (χ0v) is 21.1. The van der Waals surface area contributed by atoms with Crippen molar-refractivity contribution in [3.63, 3.8) is 0 Å².